The number of rotatable bonds is 5. The van der Waals surface area contributed by atoms with Gasteiger partial charge in [0.25, 0.3) is 0 Å². The normalized spacial score (nSPS) is 47.9. The number of amides is 1. The molecule has 4 heteroatoms. The summed E-state index contributed by atoms with van der Waals surface area (Å²) in [5, 5.41) is 24.9. The lowest BCUT2D eigenvalue weighted by Crippen LogP contribution is -2.58. The van der Waals surface area contributed by atoms with Crippen molar-refractivity contribution in [1.29, 1.82) is 0 Å². The first-order valence-electron chi connectivity index (χ1n) is 13.2. The molecule has 10 atom stereocenters. The van der Waals surface area contributed by atoms with Gasteiger partial charge in [-0.15, -0.1) is 0 Å². The fraction of sp³-hybridized carbons (Fsp3) is 0.963. The van der Waals surface area contributed by atoms with Crippen LogP contribution in [0.25, 0.3) is 0 Å². The number of carbonyl (C=O) groups excluding carboxylic acids is 1. The molecule has 4 rings (SSSR count). The number of hydrogen-bond acceptors (Lipinski definition) is 3. The summed E-state index contributed by atoms with van der Waals surface area (Å²) in [5.74, 6) is 3.72. The monoisotopic (exact) mass is 433 g/mol. The number of hydrogen-bond donors (Lipinski definition) is 3. The highest BCUT2D eigenvalue weighted by molar-refractivity contribution is 5.76. The molecule has 1 amide bonds. The summed E-state index contributed by atoms with van der Waals surface area (Å²) in [6.45, 7) is 11.2. The summed E-state index contributed by atoms with van der Waals surface area (Å²) >= 11 is 0. The maximum atomic E-state index is 12.2. The van der Waals surface area contributed by atoms with E-state index in [1.807, 2.05) is 13.8 Å². The van der Waals surface area contributed by atoms with Crippen LogP contribution in [0.4, 0.5) is 0 Å². The SMILES string of the molecule is CC(C)NC(=O)CC[C@H](C)[C@@H]1CC[C@@H]2[C@H]3CC[C@H]4C[C@@H](O)CC[C@@]4(C)[C@@H]3C[C@@H](O)[C@]21C. The molecule has 178 valence electrons. The lowest BCUT2D eigenvalue weighted by molar-refractivity contribution is -0.174. The van der Waals surface area contributed by atoms with Crippen molar-refractivity contribution in [3.8, 4) is 0 Å². The van der Waals surface area contributed by atoms with Gasteiger partial charge in [0.05, 0.1) is 12.2 Å². The van der Waals surface area contributed by atoms with Crippen LogP contribution >= 0.6 is 0 Å². The van der Waals surface area contributed by atoms with Crippen LogP contribution in [-0.4, -0.2) is 34.4 Å². The fourth-order valence-corrected chi connectivity index (χ4v) is 9.11. The molecular weight excluding hydrogens is 386 g/mol. The van der Waals surface area contributed by atoms with E-state index in [-0.39, 0.29) is 29.6 Å². The Bertz CT molecular complexity index is 665. The second-order valence-electron chi connectivity index (χ2n) is 12.6. The van der Waals surface area contributed by atoms with Crippen molar-refractivity contribution >= 4 is 5.91 Å². The van der Waals surface area contributed by atoms with Crippen molar-refractivity contribution in [1.82, 2.24) is 5.32 Å². The largest absolute Gasteiger partial charge is 0.393 e. The highest BCUT2D eigenvalue weighted by Crippen LogP contribution is 2.68. The maximum absolute atomic E-state index is 12.2. The fourth-order valence-electron chi connectivity index (χ4n) is 9.11. The van der Waals surface area contributed by atoms with Gasteiger partial charge in [-0.2, -0.15) is 0 Å². The molecule has 0 aliphatic heterocycles. The predicted octanol–water partition coefficient (Wildman–Crippen LogP) is 4.92. The van der Waals surface area contributed by atoms with Crippen molar-refractivity contribution in [2.75, 3.05) is 0 Å². The van der Waals surface area contributed by atoms with E-state index in [0.717, 1.165) is 38.0 Å². The minimum Gasteiger partial charge on any atom is -0.393 e. The van der Waals surface area contributed by atoms with Crippen molar-refractivity contribution in [2.45, 2.75) is 117 Å². The molecule has 4 nitrogen and oxygen atoms in total. The molecule has 3 N–H and O–H groups in total. The molecule has 4 saturated carbocycles. The third-order valence-corrected chi connectivity index (χ3v) is 10.8. The minimum absolute atomic E-state index is 0.00746. The van der Waals surface area contributed by atoms with Crippen LogP contribution < -0.4 is 5.32 Å². The average molecular weight is 434 g/mol. The van der Waals surface area contributed by atoms with Gasteiger partial charge in [0.2, 0.25) is 5.91 Å². The molecule has 0 aromatic carbocycles. The molecule has 0 bridgehead atoms. The Hall–Kier alpha value is -0.610. The third-order valence-electron chi connectivity index (χ3n) is 10.8. The maximum Gasteiger partial charge on any atom is 0.220 e. The molecule has 4 fully saturated rings. The molecule has 0 aromatic rings. The van der Waals surface area contributed by atoms with Crippen molar-refractivity contribution in [3.63, 3.8) is 0 Å². The van der Waals surface area contributed by atoms with E-state index in [4.69, 9.17) is 0 Å². The van der Waals surface area contributed by atoms with E-state index in [0.29, 0.717) is 41.4 Å². The minimum atomic E-state index is -0.236. The van der Waals surface area contributed by atoms with Gasteiger partial charge in [-0.05, 0) is 118 Å². The molecule has 0 aromatic heterocycles. The second-order valence-corrected chi connectivity index (χ2v) is 12.6. The van der Waals surface area contributed by atoms with Gasteiger partial charge in [-0.3, -0.25) is 4.79 Å². The number of aliphatic hydroxyl groups is 2. The third kappa shape index (κ3) is 3.98. The molecular formula is C27H47NO3. The highest BCUT2D eigenvalue weighted by Gasteiger charge is 2.63. The topological polar surface area (TPSA) is 69.6 Å². The molecule has 0 saturated heterocycles. The summed E-state index contributed by atoms with van der Waals surface area (Å²) in [7, 11) is 0. The Morgan fingerprint density at radius 1 is 1.00 bits per heavy atom. The van der Waals surface area contributed by atoms with Gasteiger partial charge in [-0.1, -0.05) is 20.8 Å². The van der Waals surface area contributed by atoms with Crippen LogP contribution in [0.1, 0.15) is 98.8 Å². The summed E-state index contributed by atoms with van der Waals surface area (Å²) in [4.78, 5) is 12.2. The van der Waals surface area contributed by atoms with E-state index < -0.39 is 0 Å². The van der Waals surface area contributed by atoms with E-state index >= 15 is 0 Å². The lowest BCUT2D eigenvalue weighted by atomic mass is 9.43. The van der Waals surface area contributed by atoms with Gasteiger partial charge >= 0.3 is 0 Å². The molecule has 31 heavy (non-hydrogen) atoms. The van der Waals surface area contributed by atoms with Crippen LogP contribution in [0, 0.1) is 46.3 Å². The first-order valence-corrected chi connectivity index (χ1v) is 13.2. The molecule has 0 radical (unpaired) electrons. The number of aliphatic hydroxyl groups excluding tert-OH is 2. The number of nitrogens with one attached hydrogen (secondary N) is 1. The first-order chi connectivity index (χ1) is 14.6. The van der Waals surface area contributed by atoms with Crippen LogP contribution in [0.5, 0.6) is 0 Å². The van der Waals surface area contributed by atoms with Crippen LogP contribution in [0.15, 0.2) is 0 Å². The molecule has 4 aliphatic carbocycles. The quantitative estimate of drug-likeness (QED) is 0.576. The van der Waals surface area contributed by atoms with E-state index in [1.165, 1.54) is 25.7 Å². The Morgan fingerprint density at radius 2 is 1.74 bits per heavy atom. The second kappa shape index (κ2) is 8.63. The molecule has 0 heterocycles. The molecule has 0 unspecified atom stereocenters. The van der Waals surface area contributed by atoms with Gasteiger partial charge in [-0.25, -0.2) is 0 Å². The summed E-state index contributed by atoms with van der Waals surface area (Å²) in [5.41, 5.74) is 0.287. The van der Waals surface area contributed by atoms with Crippen molar-refractivity contribution < 1.29 is 15.0 Å². The van der Waals surface area contributed by atoms with Gasteiger partial charge < -0.3 is 15.5 Å². The van der Waals surface area contributed by atoms with E-state index in [9.17, 15) is 15.0 Å². The highest BCUT2D eigenvalue weighted by atomic mass is 16.3. The number of carbonyl (C=O) groups is 1. The predicted molar refractivity (Wildman–Crippen MR) is 124 cm³/mol. The van der Waals surface area contributed by atoms with Crippen molar-refractivity contribution in [2.24, 2.45) is 46.3 Å². The Labute approximate surface area is 190 Å². The van der Waals surface area contributed by atoms with Gasteiger partial charge in [0, 0.05) is 12.5 Å². The molecule has 0 spiro atoms. The first kappa shape index (κ1) is 23.5. The Balaban J connectivity index is 1.48. The summed E-state index contributed by atoms with van der Waals surface area (Å²) in [6.07, 6.45) is 10.1. The summed E-state index contributed by atoms with van der Waals surface area (Å²) < 4.78 is 0. The van der Waals surface area contributed by atoms with Crippen LogP contribution in [0.2, 0.25) is 0 Å². The van der Waals surface area contributed by atoms with Gasteiger partial charge in [0.1, 0.15) is 0 Å². The zero-order valence-electron chi connectivity index (χ0n) is 20.6. The van der Waals surface area contributed by atoms with E-state index in [2.05, 4.69) is 26.1 Å². The van der Waals surface area contributed by atoms with Crippen LogP contribution in [-0.2, 0) is 4.79 Å². The van der Waals surface area contributed by atoms with Gasteiger partial charge in [0.15, 0.2) is 0 Å². The summed E-state index contributed by atoms with van der Waals surface area (Å²) in [6, 6.07) is 0.200. The molecule has 4 aliphatic rings. The zero-order chi connectivity index (χ0) is 22.6. The zero-order valence-corrected chi connectivity index (χ0v) is 20.6. The Morgan fingerprint density at radius 3 is 2.45 bits per heavy atom. The Kier molecular flexibility index (Phi) is 6.55. The standard InChI is InChI=1S/C27H47NO3/c1-16(2)28-25(31)11-6-17(3)21-9-10-22-20-8-7-18-14-19(29)12-13-26(18,4)23(20)15-24(30)27(21,22)5/h16-24,29-30H,6-15H2,1-5H3,(H,28,31)/t17-,18-,19-,20+,21-,22+,23+,24+,26+,27-/m0/s1. The van der Waals surface area contributed by atoms with E-state index in [1.54, 1.807) is 0 Å². The average Bonchev–Trinajstić information content (AvgIpc) is 3.06. The lowest BCUT2D eigenvalue weighted by Gasteiger charge is -2.62. The number of fused-ring (bicyclic) bond motifs is 5. The van der Waals surface area contributed by atoms with Crippen molar-refractivity contribution in [3.05, 3.63) is 0 Å². The smallest absolute Gasteiger partial charge is 0.220 e. The van der Waals surface area contributed by atoms with Crippen LogP contribution in [0.3, 0.4) is 0 Å².